The average molecular weight is 476 g/mol. The molecule has 0 aliphatic rings. The van der Waals surface area contributed by atoms with E-state index >= 15 is 0 Å². The van der Waals surface area contributed by atoms with Crippen LogP contribution in [0.4, 0.5) is 11.4 Å². The zero-order chi connectivity index (χ0) is 22.6. The molecule has 2 heterocycles. The zero-order valence-corrected chi connectivity index (χ0v) is 19.4. The van der Waals surface area contributed by atoms with E-state index in [1.807, 2.05) is 66.7 Å². The Labute approximate surface area is 200 Å². The maximum atomic E-state index is 13.0. The molecule has 166 valence electrons. The van der Waals surface area contributed by atoms with E-state index in [4.69, 9.17) is 16.3 Å². The number of rotatable bonds is 8. The van der Waals surface area contributed by atoms with Crippen LogP contribution in [0.2, 0.25) is 5.02 Å². The number of aromatic nitrogens is 1. The first-order chi connectivity index (χ1) is 16.2. The lowest BCUT2D eigenvalue weighted by molar-refractivity contribution is 0.154. The molecule has 0 aliphatic carbocycles. The Morgan fingerprint density at radius 2 is 1.64 bits per heavy atom. The summed E-state index contributed by atoms with van der Waals surface area (Å²) in [6.45, 7) is 2.39. The molecule has 5 nitrogen and oxygen atoms in total. The second-order valence-electron chi connectivity index (χ2n) is 7.59. The second kappa shape index (κ2) is 9.75. The van der Waals surface area contributed by atoms with Crippen LogP contribution in [0, 0.1) is 0 Å². The highest BCUT2D eigenvalue weighted by molar-refractivity contribution is 7.24. The number of anilines is 2. The first-order valence-electron chi connectivity index (χ1n) is 10.7. The molecule has 0 amide bonds. The highest BCUT2D eigenvalue weighted by atomic mass is 35.5. The van der Waals surface area contributed by atoms with Gasteiger partial charge in [0.2, 0.25) is 0 Å². The van der Waals surface area contributed by atoms with Crippen molar-refractivity contribution in [1.82, 2.24) is 4.98 Å². The van der Waals surface area contributed by atoms with Gasteiger partial charge in [0.05, 0.1) is 24.1 Å². The van der Waals surface area contributed by atoms with Crippen molar-refractivity contribution in [3.63, 3.8) is 0 Å². The molecule has 2 N–H and O–H groups in total. The Morgan fingerprint density at radius 1 is 0.848 bits per heavy atom. The third-order valence-electron chi connectivity index (χ3n) is 5.43. The Balaban J connectivity index is 1.16. The Hall–Kier alpha value is -3.19. The third kappa shape index (κ3) is 4.64. The summed E-state index contributed by atoms with van der Waals surface area (Å²) in [5.74, 6) is 0. The number of benzene rings is 3. The summed E-state index contributed by atoms with van der Waals surface area (Å²) < 4.78 is 7.78. The van der Waals surface area contributed by atoms with Crippen LogP contribution < -0.4 is 16.1 Å². The molecule has 5 aromatic rings. The van der Waals surface area contributed by atoms with Crippen molar-refractivity contribution in [3.05, 3.63) is 88.2 Å². The van der Waals surface area contributed by atoms with Gasteiger partial charge in [-0.1, -0.05) is 29.8 Å². The highest BCUT2D eigenvalue weighted by Gasteiger charge is 2.09. The van der Waals surface area contributed by atoms with Crippen LogP contribution in [0.5, 0.6) is 0 Å². The van der Waals surface area contributed by atoms with Crippen LogP contribution in [-0.2, 0) is 4.74 Å². The summed E-state index contributed by atoms with van der Waals surface area (Å²) in [6.07, 6.45) is 1.77. The van der Waals surface area contributed by atoms with Gasteiger partial charge in [-0.25, -0.2) is 0 Å². The summed E-state index contributed by atoms with van der Waals surface area (Å²) in [4.78, 5) is 17.4. The molecule has 0 fully saturated rings. The fourth-order valence-electron chi connectivity index (χ4n) is 3.89. The predicted octanol–water partition coefficient (Wildman–Crippen LogP) is 6.16. The number of pyridine rings is 1. The van der Waals surface area contributed by atoms with Crippen molar-refractivity contribution in [1.29, 1.82) is 0 Å². The number of ether oxygens (including phenoxy) is 1. The van der Waals surface area contributed by atoms with E-state index < -0.39 is 0 Å². The van der Waals surface area contributed by atoms with Gasteiger partial charge in [0.15, 0.2) is 5.43 Å². The van der Waals surface area contributed by atoms with Gasteiger partial charge in [0, 0.05) is 55.9 Å². The summed E-state index contributed by atoms with van der Waals surface area (Å²) in [5, 5.41) is 9.97. The molecule has 0 atom stereocenters. The molecule has 0 radical (unpaired) electrons. The Bertz CT molecular complexity index is 1500. The standard InChI is InChI=1S/C26H22ClN3O2S/c27-17-8-9-18-20(10-11-28-22(18)16-17)29-12-14-32-15-13-30-21-5-3-7-24-25(21)26(31)19-4-1-2-6-23(19)33-24/h1-11,16,30H,12-15H2,(H,28,29). The summed E-state index contributed by atoms with van der Waals surface area (Å²) >= 11 is 7.69. The van der Waals surface area contributed by atoms with Gasteiger partial charge in [0.1, 0.15) is 0 Å². The largest absolute Gasteiger partial charge is 0.382 e. The van der Waals surface area contributed by atoms with E-state index in [9.17, 15) is 4.79 Å². The third-order valence-corrected chi connectivity index (χ3v) is 6.80. The fraction of sp³-hybridized carbons (Fsp3) is 0.154. The van der Waals surface area contributed by atoms with Gasteiger partial charge in [-0.15, -0.1) is 11.3 Å². The summed E-state index contributed by atoms with van der Waals surface area (Å²) in [7, 11) is 0. The highest BCUT2D eigenvalue weighted by Crippen LogP contribution is 2.29. The molecule has 33 heavy (non-hydrogen) atoms. The van der Waals surface area contributed by atoms with Crippen LogP contribution in [0.25, 0.3) is 31.1 Å². The lowest BCUT2D eigenvalue weighted by Crippen LogP contribution is -2.15. The van der Waals surface area contributed by atoms with E-state index in [2.05, 4.69) is 15.6 Å². The number of nitrogens with zero attached hydrogens (tertiary/aromatic N) is 1. The molecular weight excluding hydrogens is 454 g/mol. The van der Waals surface area contributed by atoms with Gasteiger partial charge >= 0.3 is 0 Å². The average Bonchev–Trinajstić information content (AvgIpc) is 2.83. The van der Waals surface area contributed by atoms with Gasteiger partial charge in [-0.3, -0.25) is 9.78 Å². The first kappa shape index (κ1) is 21.6. The van der Waals surface area contributed by atoms with Crippen molar-refractivity contribution < 1.29 is 4.74 Å². The lowest BCUT2D eigenvalue weighted by atomic mass is 10.1. The molecule has 0 bridgehead atoms. The second-order valence-corrected chi connectivity index (χ2v) is 9.11. The minimum atomic E-state index is 0.0680. The fourth-order valence-corrected chi connectivity index (χ4v) is 5.16. The molecule has 0 aliphatic heterocycles. The van der Waals surface area contributed by atoms with Crippen LogP contribution in [-0.4, -0.2) is 31.3 Å². The van der Waals surface area contributed by atoms with Gasteiger partial charge in [0.25, 0.3) is 0 Å². The van der Waals surface area contributed by atoms with Crippen LogP contribution in [0.3, 0.4) is 0 Å². The van der Waals surface area contributed by atoms with E-state index in [1.54, 1.807) is 17.5 Å². The Morgan fingerprint density at radius 3 is 2.52 bits per heavy atom. The topological polar surface area (TPSA) is 63.2 Å². The number of hydrogen-bond donors (Lipinski definition) is 2. The molecule has 0 saturated carbocycles. The number of nitrogens with one attached hydrogen (secondary N) is 2. The minimum absolute atomic E-state index is 0.0680. The van der Waals surface area contributed by atoms with Crippen LogP contribution in [0.15, 0.2) is 77.7 Å². The van der Waals surface area contributed by atoms with E-state index in [-0.39, 0.29) is 5.43 Å². The van der Waals surface area contributed by atoms with E-state index in [1.165, 1.54) is 0 Å². The van der Waals surface area contributed by atoms with Crippen LogP contribution >= 0.6 is 22.9 Å². The summed E-state index contributed by atoms with van der Waals surface area (Å²) in [5.41, 5.74) is 2.78. The Kier molecular flexibility index (Phi) is 6.39. The molecule has 0 spiro atoms. The normalized spacial score (nSPS) is 11.3. The molecule has 5 rings (SSSR count). The van der Waals surface area contributed by atoms with E-state index in [0.717, 1.165) is 42.4 Å². The predicted molar refractivity (Wildman–Crippen MR) is 140 cm³/mol. The van der Waals surface area contributed by atoms with E-state index in [0.29, 0.717) is 31.3 Å². The van der Waals surface area contributed by atoms with Crippen LogP contribution in [0.1, 0.15) is 0 Å². The van der Waals surface area contributed by atoms with Crippen molar-refractivity contribution in [2.75, 3.05) is 36.9 Å². The van der Waals surface area contributed by atoms with Gasteiger partial charge in [-0.05, 0) is 48.5 Å². The maximum absolute atomic E-state index is 13.0. The van der Waals surface area contributed by atoms with Crippen molar-refractivity contribution >= 4 is 65.4 Å². The zero-order valence-electron chi connectivity index (χ0n) is 17.8. The van der Waals surface area contributed by atoms with Crippen molar-refractivity contribution in [2.45, 2.75) is 0 Å². The summed E-state index contributed by atoms with van der Waals surface area (Å²) in [6, 6.07) is 21.3. The monoisotopic (exact) mass is 475 g/mol. The van der Waals surface area contributed by atoms with Gasteiger partial charge in [-0.2, -0.15) is 0 Å². The molecular formula is C26H22ClN3O2S. The quantitative estimate of drug-likeness (QED) is 0.208. The number of halogens is 1. The molecule has 2 aromatic heterocycles. The van der Waals surface area contributed by atoms with Gasteiger partial charge < -0.3 is 15.4 Å². The molecule has 3 aromatic carbocycles. The number of fused-ring (bicyclic) bond motifs is 3. The molecule has 0 saturated heterocycles. The molecule has 7 heteroatoms. The first-order valence-corrected chi connectivity index (χ1v) is 11.9. The number of hydrogen-bond acceptors (Lipinski definition) is 6. The molecule has 0 unspecified atom stereocenters. The lowest BCUT2D eigenvalue weighted by Gasteiger charge is -2.12. The van der Waals surface area contributed by atoms with Crippen molar-refractivity contribution in [2.24, 2.45) is 0 Å². The van der Waals surface area contributed by atoms with Crippen molar-refractivity contribution in [3.8, 4) is 0 Å². The smallest absolute Gasteiger partial charge is 0.197 e. The minimum Gasteiger partial charge on any atom is -0.382 e. The maximum Gasteiger partial charge on any atom is 0.197 e. The SMILES string of the molecule is O=c1c2ccccc2sc2cccc(NCCOCCNc3ccnc4cc(Cl)ccc34)c12.